The average Bonchev–Trinajstić information content (AvgIpc) is 2.93. The Bertz CT molecular complexity index is 951. The van der Waals surface area contributed by atoms with E-state index in [1.807, 2.05) is 18.2 Å². The van der Waals surface area contributed by atoms with E-state index in [4.69, 9.17) is 4.74 Å². The van der Waals surface area contributed by atoms with Crippen LogP contribution in [0.15, 0.2) is 42.5 Å². The lowest BCUT2D eigenvalue weighted by Crippen LogP contribution is -2.10. The lowest BCUT2D eigenvalue weighted by molar-refractivity contribution is 0.415. The van der Waals surface area contributed by atoms with E-state index in [0.717, 1.165) is 40.0 Å². The SMILES string of the molecule is CCn1c(-c2ccc(C(C)(C)C)cc2)c(C#N)c2ccc(OC)cc21. The first-order chi connectivity index (χ1) is 11.9. The van der Waals surface area contributed by atoms with Crippen LogP contribution < -0.4 is 4.74 Å². The highest BCUT2D eigenvalue weighted by Crippen LogP contribution is 2.36. The molecule has 0 saturated heterocycles. The summed E-state index contributed by atoms with van der Waals surface area (Å²) in [6, 6.07) is 16.9. The molecule has 0 aliphatic carbocycles. The minimum absolute atomic E-state index is 0.113. The second-order valence-corrected chi connectivity index (χ2v) is 7.29. The van der Waals surface area contributed by atoms with Gasteiger partial charge in [-0.2, -0.15) is 5.26 Å². The van der Waals surface area contributed by atoms with Crippen molar-refractivity contribution in [2.24, 2.45) is 0 Å². The summed E-state index contributed by atoms with van der Waals surface area (Å²) in [7, 11) is 1.66. The lowest BCUT2D eigenvalue weighted by Gasteiger charge is -2.19. The minimum Gasteiger partial charge on any atom is -0.497 e. The predicted molar refractivity (Wildman–Crippen MR) is 103 cm³/mol. The van der Waals surface area contributed by atoms with Crippen LogP contribution in [-0.2, 0) is 12.0 Å². The maximum atomic E-state index is 9.80. The van der Waals surface area contributed by atoms with Crippen LogP contribution in [0.1, 0.15) is 38.8 Å². The van der Waals surface area contributed by atoms with Gasteiger partial charge in [-0.05, 0) is 35.6 Å². The molecule has 0 amide bonds. The van der Waals surface area contributed by atoms with Crippen LogP contribution in [0.5, 0.6) is 5.75 Å². The topological polar surface area (TPSA) is 38.0 Å². The number of aryl methyl sites for hydroxylation is 1. The van der Waals surface area contributed by atoms with E-state index in [-0.39, 0.29) is 5.41 Å². The van der Waals surface area contributed by atoms with Crippen LogP contribution in [0, 0.1) is 11.3 Å². The maximum absolute atomic E-state index is 9.80. The van der Waals surface area contributed by atoms with E-state index >= 15 is 0 Å². The van der Waals surface area contributed by atoms with Gasteiger partial charge in [-0.1, -0.05) is 45.0 Å². The van der Waals surface area contributed by atoms with Crippen molar-refractivity contribution in [3.63, 3.8) is 0 Å². The third-order valence-electron chi connectivity index (χ3n) is 4.72. The van der Waals surface area contributed by atoms with Gasteiger partial charge in [-0.25, -0.2) is 0 Å². The van der Waals surface area contributed by atoms with Gasteiger partial charge >= 0.3 is 0 Å². The van der Waals surface area contributed by atoms with Crippen molar-refractivity contribution in [2.45, 2.75) is 39.7 Å². The second kappa shape index (κ2) is 6.29. The lowest BCUT2D eigenvalue weighted by atomic mass is 9.86. The molecule has 0 radical (unpaired) electrons. The average molecular weight is 332 g/mol. The fourth-order valence-electron chi connectivity index (χ4n) is 3.33. The van der Waals surface area contributed by atoms with Crippen LogP contribution in [0.3, 0.4) is 0 Å². The highest BCUT2D eigenvalue weighted by Gasteiger charge is 2.19. The van der Waals surface area contributed by atoms with E-state index in [9.17, 15) is 5.26 Å². The molecule has 0 aliphatic heterocycles. The molecular formula is C22H24N2O. The number of aromatic nitrogens is 1. The Morgan fingerprint density at radius 2 is 1.76 bits per heavy atom. The number of nitrogens with zero attached hydrogens (tertiary/aromatic N) is 2. The number of benzene rings is 2. The zero-order valence-electron chi connectivity index (χ0n) is 15.6. The summed E-state index contributed by atoms with van der Waals surface area (Å²) < 4.78 is 7.56. The van der Waals surface area contributed by atoms with Gasteiger partial charge in [0, 0.05) is 18.0 Å². The van der Waals surface area contributed by atoms with Crippen molar-refractivity contribution in [3.8, 4) is 23.1 Å². The number of rotatable bonds is 3. The molecular weight excluding hydrogens is 308 g/mol. The number of hydrogen-bond acceptors (Lipinski definition) is 2. The molecule has 3 aromatic rings. The van der Waals surface area contributed by atoms with E-state index in [1.54, 1.807) is 7.11 Å². The van der Waals surface area contributed by atoms with Crippen molar-refractivity contribution < 1.29 is 4.74 Å². The number of ether oxygens (including phenoxy) is 1. The zero-order valence-corrected chi connectivity index (χ0v) is 15.6. The van der Waals surface area contributed by atoms with Crippen LogP contribution in [-0.4, -0.2) is 11.7 Å². The van der Waals surface area contributed by atoms with Crippen LogP contribution in [0.25, 0.3) is 22.2 Å². The van der Waals surface area contributed by atoms with Gasteiger partial charge < -0.3 is 9.30 Å². The van der Waals surface area contributed by atoms with E-state index in [2.05, 4.69) is 62.6 Å². The van der Waals surface area contributed by atoms with Crippen LogP contribution >= 0.6 is 0 Å². The molecule has 0 saturated carbocycles. The van der Waals surface area contributed by atoms with E-state index in [0.29, 0.717) is 0 Å². The summed E-state index contributed by atoms with van der Waals surface area (Å²) in [6.45, 7) is 9.52. The standard InChI is InChI=1S/C22H24N2O/c1-6-24-20-13-17(25-5)11-12-18(20)19(14-23)21(24)15-7-9-16(10-8-15)22(2,3)4/h7-13H,6H2,1-5H3. The molecule has 3 heteroatoms. The van der Waals surface area contributed by atoms with Crippen molar-refractivity contribution >= 4 is 10.9 Å². The van der Waals surface area contributed by atoms with Gasteiger partial charge in [-0.15, -0.1) is 0 Å². The fourth-order valence-corrected chi connectivity index (χ4v) is 3.33. The highest BCUT2D eigenvalue weighted by molar-refractivity contribution is 5.95. The molecule has 0 fully saturated rings. The van der Waals surface area contributed by atoms with E-state index in [1.165, 1.54) is 5.56 Å². The molecule has 128 valence electrons. The number of nitriles is 1. The molecule has 0 spiro atoms. The first-order valence-electron chi connectivity index (χ1n) is 8.62. The molecule has 0 atom stereocenters. The smallest absolute Gasteiger partial charge is 0.120 e. The molecule has 0 N–H and O–H groups in total. The Hall–Kier alpha value is -2.73. The van der Waals surface area contributed by atoms with Crippen LogP contribution in [0.2, 0.25) is 0 Å². The van der Waals surface area contributed by atoms with Crippen molar-refractivity contribution in [1.82, 2.24) is 4.57 Å². The molecule has 0 aliphatic rings. The molecule has 0 unspecified atom stereocenters. The van der Waals surface area contributed by atoms with Gasteiger partial charge in [0.2, 0.25) is 0 Å². The molecule has 25 heavy (non-hydrogen) atoms. The van der Waals surface area contributed by atoms with Gasteiger partial charge in [0.25, 0.3) is 0 Å². The summed E-state index contributed by atoms with van der Waals surface area (Å²) in [5.74, 6) is 0.804. The molecule has 1 heterocycles. The van der Waals surface area contributed by atoms with Gasteiger partial charge in [-0.3, -0.25) is 0 Å². The van der Waals surface area contributed by atoms with Crippen molar-refractivity contribution in [3.05, 3.63) is 53.6 Å². The molecule has 1 aromatic heterocycles. The number of hydrogen-bond donors (Lipinski definition) is 0. The quantitative estimate of drug-likeness (QED) is 0.634. The van der Waals surface area contributed by atoms with E-state index < -0.39 is 0 Å². The first kappa shape index (κ1) is 17.1. The van der Waals surface area contributed by atoms with Gasteiger partial charge in [0.1, 0.15) is 11.8 Å². The zero-order chi connectivity index (χ0) is 18.2. The first-order valence-corrected chi connectivity index (χ1v) is 8.62. The molecule has 3 nitrogen and oxygen atoms in total. The summed E-state index contributed by atoms with van der Waals surface area (Å²) in [4.78, 5) is 0. The van der Waals surface area contributed by atoms with Gasteiger partial charge in [0.15, 0.2) is 0 Å². The Balaban J connectivity index is 2.26. The summed E-state index contributed by atoms with van der Waals surface area (Å²) >= 11 is 0. The highest BCUT2D eigenvalue weighted by atomic mass is 16.5. The molecule has 2 aromatic carbocycles. The van der Waals surface area contributed by atoms with Gasteiger partial charge in [0.05, 0.1) is 23.9 Å². The minimum atomic E-state index is 0.113. The largest absolute Gasteiger partial charge is 0.497 e. The number of fused-ring (bicyclic) bond motifs is 1. The van der Waals surface area contributed by atoms with Crippen molar-refractivity contribution in [2.75, 3.05) is 7.11 Å². The second-order valence-electron chi connectivity index (χ2n) is 7.29. The molecule has 3 rings (SSSR count). The Kier molecular flexibility index (Phi) is 4.30. The summed E-state index contributed by atoms with van der Waals surface area (Å²) in [6.07, 6.45) is 0. The Morgan fingerprint density at radius 3 is 2.28 bits per heavy atom. The predicted octanol–water partition coefficient (Wildman–Crippen LogP) is 5.51. The molecule has 0 bridgehead atoms. The number of methoxy groups -OCH3 is 1. The monoisotopic (exact) mass is 332 g/mol. The normalized spacial score (nSPS) is 11.5. The van der Waals surface area contributed by atoms with Crippen LogP contribution in [0.4, 0.5) is 0 Å². The van der Waals surface area contributed by atoms with Crippen molar-refractivity contribution in [1.29, 1.82) is 5.26 Å². The maximum Gasteiger partial charge on any atom is 0.120 e. The summed E-state index contributed by atoms with van der Waals surface area (Å²) in [5.41, 5.74) is 5.21. The third kappa shape index (κ3) is 2.89. The fraction of sp³-hybridized carbons (Fsp3) is 0.318. The third-order valence-corrected chi connectivity index (χ3v) is 4.72. The summed E-state index contributed by atoms with van der Waals surface area (Å²) in [5, 5.41) is 10.8. The Morgan fingerprint density at radius 1 is 1.08 bits per heavy atom. The Labute approximate surface area is 149 Å².